The Balaban J connectivity index is 1.71. The molecule has 47 heavy (non-hydrogen) atoms. The number of carbonyl (C=O) groups is 3. The molecule has 0 bridgehead atoms. The second kappa shape index (κ2) is 18.1. The summed E-state index contributed by atoms with van der Waals surface area (Å²) in [6.45, 7) is 17.6. The molecule has 14 heteroatoms. The minimum atomic E-state index is -0.243. The van der Waals surface area contributed by atoms with Gasteiger partial charge in [-0.15, -0.1) is 0 Å². The summed E-state index contributed by atoms with van der Waals surface area (Å²) >= 11 is 0. The van der Waals surface area contributed by atoms with E-state index < -0.39 is 0 Å². The maximum atomic E-state index is 11.8. The molecule has 248 valence electrons. The first-order valence-electron chi connectivity index (χ1n) is 14.8. The van der Waals surface area contributed by atoms with Crippen LogP contribution in [0.15, 0.2) is 85.0 Å². The summed E-state index contributed by atoms with van der Waals surface area (Å²) in [6.07, 6.45) is 0. The molecule has 3 rings (SSSR count). The summed E-state index contributed by atoms with van der Waals surface area (Å²) in [5.74, 6) is 1.20. The lowest BCUT2D eigenvalue weighted by atomic mass is 10.3. The zero-order valence-electron chi connectivity index (χ0n) is 26.9. The lowest BCUT2D eigenvalue weighted by molar-refractivity contribution is -0.118. The summed E-state index contributed by atoms with van der Waals surface area (Å²) in [5, 5.41) is 17.6. The Morgan fingerprint density at radius 2 is 1.00 bits per heavy atom. The number of ether oxygens (including phenoxy) is 2. The quantitative estimate of drug-likeness (QED) is 0.0830. The molecular formula is C33H41N9O5. The van der Waals surface area contributed by atoms with Gasteiger partial charge in [0.2, 0.25) is 35.6 Å². The molecule has 0 saturated heterocycles. The second-order valence-corrected chi connectivity index (χ2v) is 10.3. The van der Waals surface area contributed by atoms with Crippen molar-refractivity contribution in [1.29, 1.82) is 0 Å². The highest BCUT2D eigenvalue weighted by Crippen LogP contribution is 2.23. The maximum absolute atomic E-state index is 11.8. The first-order valence-corrected chi connectivity index (χ1v) is 14.8. The van der Waals surface area contributed by atoms with Gasteiger partial charge in [0.15, 0.2) is 0 Å². The minimum absolute atomic E-state index is 0.227. The Labute approximate surface area is 274 Å². The van der Waals surface area contributed by atoms with E-state index in [1.165, 1.54) is 0 Å². The normalized spacial score (nSPS) is 10.2. The Hall–Kier alpha value is -5.92. The number of amides is 3. The third-order valence-corrected chi connectivity index (χ3v) is 5.98. The van der Waals surface area contributed by atoms with Gasteiger partial charge >= 0.3 is 0 Å². The van der Waals surface area contributed by atoms with E-state index in [-0.39, 0.29) is 48.8 Å². The molecule has 0 aliphatic heterocycles. The Bertz CT molecular complexity index is 1510. The van der Waals surface area contributed by atoms with Crippen LogP contribution >= 0.6 is 0 Å². The number of aromatic nitrogens is 3. The van der Waals surface area contributed by atoms with Gasteiger partial charge in [-0.05, 0) is 45.0 Å². The van der Waals surface area contributed by atoms with E-state index in [9.17, 15) is 14.4 Å². The van der Waals surface area contributed by atoms with Crippen LogP contribution in [0.25, 0.3) is 0 Å². The fourth-order valence-corrected chi connectivity index (χ4v) is 3.62. The number of carbonyl (C=O) groups excluding carboxylic acids is 3. The van der Waals surface area contributed by atoms with Gasteiger partial charge in [-0.1, -0.05) is 31.9 Å². The maximum Gasteiger partial charge on any atom is 0.246 e. The van der Waals surface area contributed by atoms with Crippen LogP contribution in [0.2, 0.25) is 0 Å². The van der Waals surface area contributed by atoms with E-state index in [1.54, 1.807) is 45.0 Å². The molecule has 0 aliphatic carbocycles. The highest BCUT2D eigenvalue weighted by atomic mass is 16.5. The summed E-state index contributed by atoms with van der Waals surface area (Å²) in [4.78, 5) is 48.7. The largest absolute Gasteiger partial charge is 0.492 e. The number of benzene rings is 2. The van der Waals surface area contributed by atoms with Crippen molar-refractivity contribution in [2.24, 2.45) is 0 Å². The molecule has 1 heterocycles. The van der Waals surface area contributed by atoms with Gasteiger partial charge in [0.05, 0.1) is 13.1 Å². The molecule has 1 aromatic heterocycles. The predicted molar refractivity (Wildman–Crippen MR) is 182 cm³/mol. The number of rotatable bonds is 19. The number of hydrogen-bond donors (Lipinski definition) is 6. The van der Waals surface area contributed by atoms with Crippen molar-refractivity contribution in [2.75, 3.05) is 55.3 Å². The van der Waals surface area contributed by atoms with E-state index in [4.69, 9.17) is 9.47 Å². The molecule has 0 atom stereocenters. The standard InChI is InChI=1S/C33H41N9O5/c1-21(2)28(43)34-13-14-37-31-40-32(38-24-9-7-11-26(19-24)46-17-15-35-29(44)22(3)4)42-33(41-31)39-25-10-8-12-27(20-25)47-18-16-36-30(45)23(5)6/h7-12,19-20H,1,3,5,13-18H2,2,4,6H3,(H,34,43)(H,35,44)(H,36,45)(H3,37,38,39,40,41,42). The average Bonchev–Trinajstić information content (AvgIpc) is 3.03. The van der Waals surface area contributed by atoms with E-state index in [2.05, 4.69) is 66.6 Å². The van der Waals surface area contributed by atoms with Gasteiger partial charge in [0.25, 0.3) is 0 Å². The van der Waals surface area contributed by atoms with Crippen LogP contribution in [0.3, 0.4) is 0 Å². The fourth-order valence-electron chi connectivity index (χ4n) is 3.62. The number of nitrogens with one attached hydrogen (secondary N) is 6. The summed E-state index contributed by atoms with van der Waals surface area (Å²) in [6, 6.07) is 14.4. The molecule has 0 aliphatic rings. The monoisotopic (exact) mass is 643 g/mol. The van der Waals surface area contributed by atoms with Gasteiger partial charge in [-0.2, -0.15) is 15.0 Å². The highest BCUT2D eigenvalue weighted by molar-refractivity contribution is 5.92. The number of hydrogen-bond acceptors (Lipinski definition) is 11. The van der Waals surface area contributed by atoms with Gasteiger partial charge in [0.1, 0.15) is 24.7 Å². The molecular weight excluding hydrogens is 602 g/mol. The van der Waals surface area contributed by atoms with Crippen molar-refractivity contribution in [3.63, 3.8) is 0 Å². The lowest BCUT2D eigenvalue weighted by Gasteiger charge is -2.13. The van der Waals surface area contributed by atoms with Gasteiger partial charge in [-0.3, -0.25) is 14.4 Å². The Kier molecular flexibility index (Phi) is 13.7. The van der Waals surface area contributed by atoms with Gasteiger partial charge < -0.3 is 41.4 Å². The molecule has 14 nitrogen and oxygen atoms in total. The van der Waals surface area contributed by atoms with Crippen molar-refractivity contribution in [1.82, 2.24) is 30.9 Å². The van der Waals surface area contributed by atoms with Crippen molar-refractivity contribution in [3.8, 4) is 11.5 Å². The zero-order valence-corrected chi connectivity index (χ0v) is 26.9. The molecule has 3 amide bonds. The number of nitrogens with zero attached hydrogens (tertiary/aromatic N) is 3. The molecule has 0 fully saturated rings. The molecule has 0 radical (unpaired) electrons. The van der Waals surface area contributed by atoms with Crippen molar-refractivity contribution >= 4 is 46.9 Å². The first kappa shape index (κ1) is 35.6. The zero-order chi connectivity index (χ0) is 34.2. The number of anilines is 5. The van der Waals surface area contributed by atoms with Crippen molar-refractivity contribution < 1.29 is 23.9 Å². The van der Waals surface area contributed by atoms with E-state index in [0.29, 0.717) is 65.8 Å². The molecule has 3 aromatic rings. The first-order chi connectivity index (χ1) is 22.5. The Morgan fingerprint density at radius 1 is 0.596 bits per heavy atom. The van der Waals surface area contributed by atoms with Gasteiger partial charge in [-0.25, -0.2) is 0 Å². The topological polar surface area (TPSA) is 181 Å². The smallest absolute Gasteiger partial charge is 0.246 e. The highest BCUT2D eigenvalue weighted by Gasteiger charge is 2.10. The fraction of sp³-hybridized carbons (Fsp3) is 0.273. The van der Waals surface area contributed by atoms with Crippen LogP contribution in [0.4, 0.5) is 29.2 Å². The summed E-state index contributed by atoms with van der Waals surface area (Å²) in [7, 11) is 0. The van der Waals surface area contributed by atoms with Crippen LogP contribution in [-0.2, 0) is 14.4 Å². The summed E-state index contributed by atoms with van der Waals surface area (Å²) < 4.78 is 11.5. The van der Waals surface area contributed by atoms with Crippen LogP contribution in [0.5, 0.6) is 11.5 Å². The average molecular weight is 644 g/mol. The predicted octanol–water partition coefficient (Wildman–Crippen LogP) is 3.61. The molecule has 0 saturated carbocycles. The third-order valence-electron chi connectivity index (χ3n) is 5.98. The van der Waals surface area contributed by atoms with E-state index >= 15 is 0 Å². The van der Waals surface area contributed by atoms with Crippen molar-refractivity contribution in [3.05, 3.63) is 85.0 Å². The molecule has 6 N–H and O–H groups in total. The lowest BCUT2D eigenvalue weighted by Crippen LogP contribution is -2.29. The summed E-state index contributed by atoms with van der Waals surface area (Å²) in [5.41, 5.74) is 2.57. The van der Waals surface area contributed by atoms with Crippen LogP contribution in [-0.4, -0.2) is 72.1 Å². The van der Waals surface area contributed by atoms with Crippen LogP contribution < -0.4 is 41.4 Å². The minimum Gasteiger partial charge on any atom is -0.492 e. The van der Waals surface area contributed by atoms with Crippen LogP contribution in [0.1, 0.15) is 20.8 Å². The van der Waals surface area contributed by atoms with Crippen LogP contribution in [0, 0.1) is 0 Å². The van der Waals surface area contributed by atoms with Crippen molar-refractivity contribution in [2.45, 2.75) is 20.8 Å². The van der Waals surface area contributed by atoms with E-state index in [1.807, 2.05) is 24.3 Å². The Morgan fingerprint density at radius 3 is 1.43 bits per heavy atom. The third kappa shape index (κ3) is 12.9. The van der Waals surface area contributed by atoms with E-state index in [0.717, 1.165) is 0 Å². The van der Waals surface area contributed by atoms with Gasteiger partial charge in [0, 0.05) is 53.3 Å². The molecule has 0 unspecified atom stereocenters. The molecule has 0 spiro atoms. The molecule has 2 aromatic carbocycles. The second-order valence-electron chi connectivity index (χ2n) is 10.3. The SMILES string of the molecule is C=C(C)C(=O)NCCNc1nc(Nc2cccc(OCCNC(=O)C(=C)C)c2)nc(Nc2cccc(OCCNC(=O)C(=C)C)c2)n1.